The van der Waals surface area contributed by atoms with Gasteiger partial charge in [0.2, 0.25) is 0 Å². The van der Waals surface area contributed by atoms with E-state index in [1.807, 2.05) is 43.3 Å². The molecule has 3 aromatic heterocycles. The van der Waals surface area contributed by atoms with Gasteiger partial charge in [0.05, 0.1) is 17.1 Å². The molecule has 3 heteroatoms. The molecule has 0 bridgehead atoms. The Morgan fingerprint density at radius 2 is 1.20 bits per heavy atom. The molecule has 0 atom stereocenters. The molecule has 0 unspecified atom stereocenters. The van der Waals surface area contributed by atoms with Crippen LogP contribution in [0.2, 0.25) is 0 Å². The highest BCUT2D eigenvalue weighted by Crippen LogP contribution is 2.36. The van der Waals surface area contributed by atoms with Gasteiger partial charge in [-0.25, -0.2) is 4.98 Å². The van der Waals surface area contributed by atoms with Crippen molar-refractivity contribution in [1.82, 2.24) is 14.4 Å². The molecule has 4 aromatic carbocycles. The Morgan fingerprint density at radius 1 is 0.523 bits per heavy atom. The van der Waals surface area contributed by atoms with Gasteiger partial charge in [-0.05, 0) is 88.8 Å². The second-order valence-electron chi connectivity index (χ2n) is 10.9. The van der Waals surface area contributed by atoms with E-state index in [0.717, 1.165) is 78.5 Å². The summed E-state index contributed by atoms with van der Waals surface area (Å²) in [6.45, 7) is 10.0. The molecule has 0 amide bonds. The highest BCUT2D eigenvalue weighted by atomic mass is 15.0. The van der Waals surface area contributed by atoms with E-state index in [0.29, 0.717) is 0 Å². The first-order chi connectivity index (χ1) is 21.6. The number of imidazole rings is 1. The van der Waals surface area contributed by atoms with Gasteiger partial charge >= 0.3 is 0 Å². The van der Waals surface area contributed by atoms with Crippen molar-refractivity contribution in [2.45, 2.75) is 6.92 Å². The van der Waals surface area contributed by atoms with Gasteiger partial charge in [-0.2, -0.15) is 0 Å². The minimum Gasteiger partial charge on any atom is -0.299 e. The molecule has 0 N–H and O–H groups in total. The van der Waals surface area contributed by atoms with Crippen LogP contribution < -0.4 is 0 Å². The first kappa shape index (κ1) is 27.1. The monoisotopic (exact) mass is 565 g/mol. The number of nitrogens with zero attached hydrogens (tertiary/aromatic N) is 3. The standard InChI is InChI=1S/C41H31N3/c1-4-29-17-22-34(24-30(29)5-2)36-25-35(26-37(27-36)38-15-11-12-28(3)42-38)31-18-20-32(21-19-31)40-41(33-13-7-6-8-14-33)44-23-10-9-16-39(44)43-40/h4-27H,1-2H2,3H3. The van der Waals surface area contributed by atoms with E-state index in [2.05, 4.69) is 127 Å². The maximum absolute atomic E-state index is 5.05. The second kappa shape index (κ2) is 11.5. The third-order valence-corrected chi connectivity index (χ3v) is 8.05. The van der Waals surface area contributed by atoms with Gasteiger partial charge in [0.1, 0.15) is 5.65 Å². The van der Waals surface area contributed by atoms with E-state index in [-0.39, 0.29) is 0 Å². The van der Waals surface area contributed by atoms with Crippen LogP contribution in [-0.2, 0) is 0 Å². The van der Waals surface area contributed by atoms with Crippen LogP contribution in [0.15, 0.2) is 147 Å². The predicted octanol–water partition coefficient (Wildman–Crippen LogP) is 10.7. The van der Waals surface area contributed by atoms with Gasteiger partial charge < -0.3 is 0 Å². The normalized spacial score (nSPS) is 11.0. The largest absolute Gasteiger partial charge is 0.299 e. The quantitative estimate of drug-likeness (QED) is 0.192. The molecule has 44 heavy (non-hydrogen) atoms. The average Bonchev–Trinajstić information content (AvgIpc) is 3.48. The summed E-state index contributed by atoms with van der Waals surface area (Å²) >= 11 is 0. The Kier molecular flexibility index (Phi) is 7.05. The van der Waals surface area contributed by atoms with Crippen LogP contribution in [0.5, 0.6) is 0 Å². The van der Waals surface area contributed by atoms with Gasteiger partial charge in [0.15, 0.2) is 0 Å². The molecule has 0 aliphatic carbocycles. The Bertz CT molecular complexity index is 2150. The van der Waals surface area contributed by atoms with Crippen LogP contribution in [0.1, 0.15) is 16.8 Å². The van der Waals surface area contributed by atoms with Crippen molar-refractivity contribution in [1.29, 1.82) is 0 Å². The molecule has 0 aliphatic heterocycles. The van der Waals surface area contributed by atoms with Gasteiger partial charge in [-0.15, -0.1) is 0 Å². The van der Waals surface area contributed by atoms with Crippen molar-refractivity contribution in [2.24, 2.45) is 0 Å². The van der Waals surface area contributed by atoms with Crippen molar-refractivity contribution >= 4 is 17.8 Å². The van der Waals surface area contributed by atoms with E-state index < -0.39 is 0 Å². The predicted molar refractivity (Wildman–Crippen MR) is 185 cm³/mol. The summed E-state index contributed by atoms with van der Waals surface area (Å²) in [7, 11) is 0. The second-order valence-corrected chi connectivity index (χ2v) is 10.9. The van der Waals surface area contributed by atoms with Crippen molar-refractivity contribution in [3.8, 4) is 56.0 Å². The number of aromatic nitrogens is 3. The number of pyridine rings is 2. The lowest BCUT2D eigenvalue weighted by Crippen LogP contribution is -1.91. The molecular formula is C41H31N3. The lowest BCUT2D eigenvalue weighted by molar-refractivity contribution is 1.19. The summed E-state index contributed by atoms with van der Waals surface area (Å²) in [6, 6.07) is 44.6. The molecule has 210 valence electrons. The summed E-state index contributed by atoms with van der Waals surface area (Å²) in [6.07, 6.45) is 5.83. The first-order valence-corrected chi connectivity index (χ1v) is 14.7. The van der Waals surface area contributed by atoms with Crippen LogP contribution in [0, 0.1) is 6.92 Å². The Hall–Kier alpha value is -5.80. The van der Waals surface area contributed by atoms with Crippen LogP contribution in [0.3, 0.4) is 0 Å². The summed E-state index contributed by atoms with van der Waals surface area (Å²) in [5, 5.41) is 0. The highest BCUT2D eigenvalue weighted by Gasteiger charge is 2.16. The fourth-order valence-corrected chi connectivity index (χ4v) is 5.82. The lowest BCUT2D eigenvalue weighted by Gasteiger charge is -2.13. The van der Waals surface area contributed by atoms with Crippen molar-refractivity contribution in [3.05, 3.63) is 164 Å². The Balaban J connectivity index is 1.35. The zero-order valence-corrected chi connectivity index (χ0v) is 24.6. The Labute approximate surface area is 258 Å². The van der Waals surface area contributed by atoms with Crippen LogP contribution in [-0.4, -0.2) is 14.4 Å². The van der Waals surface area contributed by atoms with Crippen LogP contribution in [0.25, 0.3) is 73.8 Å². The third kappa shape index (κ3) is 5.05. The van der Waals surface area contributed by atoms with Crippen molar-refractivity contribution in [3.63, 3.8) is 0 Å². The molecule has 7 aromatic rings. The number of fused-ring (bicyclic) bond motifs is 1. The SMILES string of the molecule is C=Cc1ccc(-c2cc(-c3ccc(-c4nc5ccccn5c4-c4ccccc4)cc3)cc(-c3cccc(C)n3)c2)cc1C=C. The minimum absolute atomic E-state index is 0.926. The zero-order valence-electron chi connectivity index (χ0n) is 24.6. The molecule has 0 saturated heterocycles. The van der Waals surface area contributed by atoms with E-state index in [4.69, 9.17) is 9.97 Å². The summed E-state index contributed by atoms with van der Waals surface area (Å²) in [4.78, 5) is 9.89. The van der Waals surface area contributed by atoms with E-state index in [1.54, 1.807) is 0 Å². The number of hydrogen-bond acceptors (Lipinski definition) is 2. The average molecular weight is 566 g/mol. The first-order valence-electron chi connectivity index (χ1n) is 14.7. The number of benzene rings is 4. The molecule has 0 aliphatic rings. The van der Waals surface area contributed by atoms with Crippen molar-refractivity contribution < 1.29 is 0 Å². The molecule has 0 spiro atoms. The number of aryl methyl sites for hydroxylation is 1. The van der Waals surface area contributed by atoms with Gasteiger partial charge in [0, 0.05) is 28.6 Å². The molecule has 3 heterocycles. The van der Waals surface area contributed by atoms with Crippen LogP contribution >= 0.6 is 0 Å². The molecule has 0 saturated carbocycles. The zero-order chi connectivity index (χ0) is 30.0. The summed E-state index contributed by atoms with van der Waals surface area (Å²) in [5.74, 6) is 0. The fourth-order valence-electron chi connectivity index (χ4n) is 5.82. The molecular weight excluding hydrogens is 534 g/mol. The van der Waals surface area contributed by atoms with E-state index in [1.165, 1.54) is 0 Å². The maximum Gasteiger partial charge on any atom is 0.137 e. The van der Waals surface area contributed by atoms with Gasteiger partial charge in [0.25, 0.3) is 0 Å². The summed E-state index contributed by atoms with van der Waals surface area (Å²) in [5.41, 5.74) is 14.8. The topological polar surface area (TPSA) is 30.2 Å². The number of rotatable bonds is 7. The number of hydrogen-bond donors (Lipinski definition) is 0. The van der Waals surface area contributed by atoms with Gasteiger partial charge in [-0.1, -0.05) is 104 Å². The molecule has 7 rings (SSSR count). The third-order valence-electron chi connectivity index (χ3n) is 8.05. The molecule has 0 radical (unpaired) electrons. The van der Waals surface area contributed by atoms with Gasteiger partial charge in [-0.3, -0.25) is 9.38 Å². The Morgan fingerprint density at radius 3 is 1.95 bits per heavy atom. The van der Waals surface area contributed by atoms with Crippen molar-refractivity contribution in [2.75, 3.05) is 0 Å². The van der Waals surface area contributed by atoms with E-state index >= 15 is 0 Å². The summed E-state index contributed by atoms with van der Waals surface area (Å²) < 4.78 is 2.17. The maximum atomic E-state index is 5.05. The highest BCUT2D eigenvalue weighted by molar-refractivity contribution is 5.85. The smallest absolute Gasteiger partial charge is 0.137 e. The lowest BCUT2D eigenvalue weighted by atomic mass is 9.92. The fraction of sp³-hybridized carbons (Fsp3) is 0.0244. The van der Waals surface area contributed by atoms with Crippen LogP contribution in [0.4, 0.5) is 0 Å². The van der Waals surface area contributed by atoms with E-state index in [9.17, 15) is 0 Å². The minimum atomic E-state index is 0.926. The molecule has 0 fully saturated rings. The molecule has 3 nitrogen and oxygen atoms in total.